The smallest absolute Gasteiger partial charge is 0.341 e. The molecule has 2 rings (SSSR count). The maximum absolute atomic E-state index is 11.7. The number of hydrogen-bond acceptors (Lipinski definition) is 2. The predicted molar refractivity (Wildman–Crippen MR) is 65.7 cm³/mol. The van der Waals surface area contributed by atoms with Crippen molar-refractivity contribution in [3.05, 3.63) is 44.7 Å². The Morgan fingerprint density at radius 1 is 1.24 bits per heavy atom. The minimum atomic E-state index is -1.19. The number of aromatic nitrogens is 1. The van der Waals surface area contributed by atoms with Crippen LogP contribution in [0.25, 0.3) is 10.9 Å². The minimum absolute atomic E-state index is 0.178. The summed E-state index contributed by atoms with van der Waals surface area (Å²) in [5, 5.41) is 9.82. The lowest BCUT2D eigenvalue weighted by molar-refractivity contribution is 0.0694. The Hall–Kier alpha value is -2.10. The molecule has 0 saturated heterocycles. The van der Waals surface area contributed by atoms with Gasteiger partial charge in [0.05, 0.1) is 5.52 Å². The Morgan fingerprint density at radius 3 is 2.47 bits per heavy atom. The summed E-state index contributed by atoms with van der Waals surface area (Å²) in [4.78, 5) is 25.4. The van der Waals surface area contributed by atoms with Crippen molar-refractivity contribution in [1.82, 2.24) is 4.98 Å². The number of fused-ring (bicyclic) bond motifs is 1. The molecule has 0 fully saturated rings. The SMILES string of the molecule is Cc1cc(C)c2[nH]c(=O)c(C(=O)O)c(C)c2c1. The first kappa shape index (κ1) is 11.4. The number of nitrogens with one attached hydrogen (secondary N) is 1. The molecule has 0 aliphatic heterocycles. The van der Waals surface area contributed by atoms with E-state index < -0.39 is 11.5 Å². The van der Waals surface area contributed by atoms with Gasteiger partial charge >= 0.3 is 5.97 Å². The van der Waals surface area contributed by atoms with Gasteiger partial charge < -0.3 is 10.1 Å². The molecule has 88 valence electrons. The van der Waals surface area contributed by atoms with Gasteiger partial charge in [-0.15, -0.1) is 0 Å². The van der Waals surface area contributed by atoms with Gasteiger partial charge in [0, 0.05) is 5.39 Å². The fourth-order valence-corrected chi connectivity index (χ4v) is 2.17. The van der Waals surface area contributed by atoms with Crippen LogP contribution in [0.5, 0.6) is 0 Å². The molecule has 1 heterocycles. The number of hydrogen-bond donors (Lipinski definition) is 2. The average Bonchev–Trinajstić information content (AvgIpc) is 2.19. The predicted octanol–water partition coefficient (Wildman–Crippen LogP) is 2.15. The Balaban J connectivity index is 3.02. The Kier molecular flexibility index (Phi) is 2.50. The first-order valence-corrected chi connectivity index (χ1v) is 5.29. The lowest BCUT2D eigenvalue weighted by Crippen LogP contribution is -2.20. The van der Waals surface area contributed by atoms with Crippen LogP contribution in [0, 0.1) is 20.8 Å². The number of rotatable bonds is 1. The molecule has 17 heavy (non-hydrogen) atoms. The molecule has 0 atom stereocenters. The van der Waals surface area contributed by atoms with Gasteiger partial charge in [0.15, 0.2) is 0 Å². The zero-order valence-corrected chi connectivity index (χ0v) is 9.92. The number of carbonyl (C=O) groups is 1. The maximum atomic E-state index is 11.7. The number of aromatic carboxylic acids is 1. The Morgan fingerprint density at radius 2 is 1.88 bits per heavy atom. The highest BCUT2D eigenvalue weighted by atomic mass is 16.4. The second-order valence-corrected chi connectivity index (χ2v) is 4.26. The Labute approximate surface area is 97.9 Å². The van der Waals surface area contributed by atoms with Gasteiger partial charge in [-0.2, -0.15) is 0 Å². The molecule has 4 heteroatoms. The quantitative estimate of drug-likeness (QED) is 0.790. The van der Waals surface area contributed by atoms with Crippen LogP contribution in [0.1, 0.15) is 27.0 Å². The van der Waals surface area contributed by atoms with Crippen LogP contribution in [-0.4, -0.2) is 16.1 Å². The minimum Gasteiger partial charge on any atom is -0.477 e. The molecule has 0 saturated carbocycles. The molecule has 0 aliphatic rings. The number of carboxylic acid groups (broad SMARTS) is 1. The van der Waals surface area contributed by atoms with E-state index in [1.807, 2.05) is 26.0 Å². The molecule has 0 bridgehead atoms. The van der Waals surface area contributed by atoms with Crippen molar-refractivity contribution in [3.63, 3.8) is 0 Å². The topological polar surface area (TPSA) is 70.2 Å². The van der Waals surface area contributed by atoms with Crippen molar-refractivity contribution >= 4 is 16.9 Å². The van der Waals surface area contributed by atoms with E-state index in [1.165, 1.54) is 0 Å². The summed E-state index contributed by atoms with van der Waals surface area (Å²) in [7, 11) is 0. The average molecular weight is 231 g/mol. The summed E-state index contributed by atoms with van der Waals surface area (Å²) in [5.41, 5.74) is 2.49. The second kappa shape index (κ2) is 3.73. The summed E-state index contributed by atoms with van der Waals surface area (Å²) in [5.74, 6) is -1.19. The fraction of sp³-hybridized carbons (Fsp3) is 0.231. The first-order chi connectivity index (χ1) is 7.91. The molecular formula is C13H13NO3. The van der Waals surface area contributed by atoms with Gasteiger partial charge in [-0.05, 0) is 38.0 Å². The molecule has 2 aromatic rings. The van der Waals surface area contributed by atoms with Crippen LogP contribution in [0.15, 0.2) is 16.9 Å². The molecule has 0 amide bonds. The monoisotopic (exact) mass is 231 g/mol. The largest absolute Gasteiger partial charge is 0.477 e. The number of pyridine rings is 1. The van der Waals surface area contributed by atoms with Crippen molar-refractivity contribution in [3.8, 4) is 0 Å². The standard InChI is InChI=1S/C13H13NO3/c1-6-4-7(2)11-9(5-6)8(3)10(13(16)17)12(15)14-11/h4-5H,1-3H3,(H,14,15)(H,16,17). The molecule has 1 aromatic carbocycles. The van der Waals surface area contributed by atoms with Gasteiger partial charge in [-0.1, -0.05) is 11.6 Å². The van der Waals surface area contributed by atoms with Gasteiger partial charge in [-0.3, -0.25) is 4.79 Å². The third-order valence-electron chi connectivity index (χ3n) is 2.94. The number of aromatic amines is 1. The number of aryl methyl sites for hydroxylation is 3. The molecule has 0 radical (unpaired) electrons. The van der Waals surface area contributed by atoms with Crippen LogP contribution >= 0.6 is 0 Å². The fourth-order valence-electron chi connectivity index (χ4n) is 2.17. The van der Waals surface area contributed by atoms with E-state index in [2.05, 4.69) is 4.98 Å². The number of benzene rings is 1. The van der Waals surface area contributed by atoms with Crippen molar-refractivity contribution in [2.24, 2.45) is 0 Å². The van der Waals surface area contributed by atoms with E-state index in [9.17, 15) is 9.59 Å². The maximum Gasteiger partial charge on any atom is 0.341 e. The van der Waals surface area contributed by atoms with Gasteiger partial charge in [-0.25, -0.2) is 4.79 Å². The zero-order valence-electron chi connectivity index (χ0n) is 9.92. The van der Waals surface area contributed by atoms with E-state index in [4.69, 9.17) is 5.11 Å². The van der Waals surface area contributed by atoms with E-state index in [1.54, 1.807) is 6.92 Å². The molecule has 1 aromatic heterocycles. The van der Waals surface area contributed by atoms with E-state index in [0.717, 1.165) is 16.5 Å². The molecular weight excluding hydrogens is 218 g/mol. The summed E-state index contributed by atoms with van der Waals surface area (Å²) in [6.45, 7) is 5.50. The van der Waals surface area contributed by atoms with Crippen molar-refractivity contribution in [1.29, 1.82) is 0 Å². The Bertz CT molecular complexity index is 683. The number of carboxylic acids is 1. The first-order valence-electron chi connectivity index (χ1n) is 5.29. The van der Waals surface area contributed by atoms with Crippen molar-refractivity contribution in [2.75, 3.05) is 0 Å². The molecule has 0 spiro atoms. The zero-order chi connectivity index (χ0) is 12.7. The lowest BCUT2D eigenvalue weighted by atomic mass is 10.00. The highest BCUT2D eigenvalue weighted by molar-refractivity contribution is 5.96. The van der Waals surface area contributed by atoms with Gasteiger partial charge in [0.2, 0.25) is 0 Å². The molecule has 0 aliphatic carbocycles. The van der Waals surface area contributed by atoms with Crippen LogP contribution in [-0.2, 0) is 0 Å². The third kappa shape index (κ3) is 1.71. The highest BCUT2D eigenvalue weighted by Gasteiger charge is 2.16. The van der Waals surface area contributed by atoms with Crippen LogP contribution < -0.4 is 5.56 Å². The third-order valence-corrected chi connectivity index (χ3v) is 2.94. The summed E-state index contributed by atoms with van der Waals surface area (Å²) < 4.78 is 0. The van der Waals surface area contributed by atoms with Gasteiger partial charge in [0.25, 0.3) is 5.56 Å². The summed E-state index contributed by atoms with van der Waals surface area (Å²) in [6.07, 6.45) is 0. The summed E-state index contributed by atoms with van der Waals surface area (Å²) >= 11 is 0. The van der Waals surface area contributed by atoms with E-state index >= 15 is 0 Å². The molecule has 4 nitrogen and oxygen atoms in total. The van der Waals surface area contributed by atoms with Crippen molar-refractivity contribution in [2.45, 2.75) is 20.8 Å². The van der Waals surface area contributed by atoms with Crippen LogP contribution in [0.3, 0.4) is 0 Å². The lowest BCUT2D eigenvalue weighted by Gasteiger charge is -2.09. The van der Waals surface area contributed by atoms with E-state index in [0.29, 0.717) is 11.1 Å². The summed E-state index contributed by atoms with van der Waals surface area (Å²) in [6, 6.07) is 3.85. The normalized spacial score (nSPS) is 10.8. The van der Waals surface area contributed by atoms with Crippen LogP contribution in [0.2, 0.25) is 0 Å². The second-order valence-electron chi connectivity index (χ2n) is 4.26. The highest BCUT2D eigenvalue weighted by Crippen LogP contribution is 2.22. The molecule has 0 unspecified atom stereocenters. The number of H-pyrrole nitrogens is 1. The van der Waals surface area contributed by atoms with Gasteiger partial charge in [0.1, 0.15) is 5.56 Å². The molecule has 2 N–H and O–H groups in total. The van der Waals surface area contributed by atoms with Crippen LogP contribution in [0.4, 0.5) is 0 Å². The van der Waals surface area contributed by atoms with E-state index in [-0.39, 0.29) is 5.56 Å². The van der Waals surface area contributed by atoms with Crippen molar-refractivity contribution < 1.29 is 9.90 Å².